The normalized spacial score (nSPS) is 14.1. The summed E-state index contributed by atoms with van der Waals surface area (Å²) in [6, 6.07) is 10.7. The molecule has 124 valence electrons. The lowest BCUT2D eigenvalue weighted by Crippen LogP contribution is -2.28. The Morgan fingerprint density at radius 1 is 1.08 bits per heavy atom. The first kappa shape index (κ1) is 16.2. The van der Waals surface area contributed by atoms with Crippen molar-refractivity contribution in [2.24, 2.45) is 0 Å². The number of anilines is 1. The number of rotatable bonds is 5. The Labute approximate surface area is 143 Å². The Balaban J connectivity index is 1.51. The molecular weight excluding hydrogens is 326 g/mol. The van der Waals surface area contributed by atoms with Crippen LogP contribution in [0.2, 0.25) is 0 Å². The predicted octanol–water partition coefficient (Wildman–Crippen LogP) is 2.72. The van der Waals surface area contributed by atoms with Gasteiger partial charge in [0.15, 0.2) is 0 Å². The minimum Gasteiger partial charge on any atom is -0.333 e. The number of thiophene rings is 1. The molecule has 0 unspecified atom stereocenters. The van der Waals surface area contributed by atoms with E-state index in [1.165, 1.54) is 4.90 Å². The summed E-state index contributed by atoms with van der Waals surface area (Å²) in [4.78, 5) is 37.4. The van der Waals surface area contributed by atoms with Crippen molar-refractivity contribution < 1.29 is 14.4 Å². The lowest BCUT2D eigenvalue weighted by Gasteiger charge is -2.14. The second kappa shape index (κ2) is 7.27. The molecule has 2 N–H and O–H groups in total. The van der Waals surface area contributed by atoms with Crippen LogP contribution in [0.15, 0.2) is 41.8 Å². The molecule has 1 aliphatic rings. The van der Waals surface area contributed by atoms with Crippen LogP contribution < -0.4 is 10.6 Å². The van der Waals surface area contributed by atoms with Crippen LogP contribution in [-0.2, 0) is 22.7 Å². The van der Waals surface area contributed by atoms with Crippen molar-refractivity contribution in [3.63, 3.8) is 0 Å². The lowest BCUT2D eigenvalue weighted by molar-refractivity contribution is -0.139. The van der Waals surface area contributed by atoms with E-state index >= 15 is 0 Å². The highest BCUT2D eigenvalue weighted by Crippen LogP contribution is 2.17. The number of urea groups is 1. The van der Waals surface area contributed by atoms with Crippen LogP contribution in [0.4, 0.5) is 10.5 Å². The third kappa shape index (κ3) is 3.99. The highest BCUT2D eigenvalue weighted by molar-refractivity contribution is 7.09. The summed E-state index contributed by atoms with van der Waals surface area (Å²) in [6.07, 6.45) is 0.589. The molecule has 2 aromatic rings. The number of nitrogens with one attached hydrogen (secondary N) is 2. The number of carbonyl (C=O) groups is 3. The van der Waals surface area contributed by atoms with Gasteiger partial charge in [-0.3, -0.25) is 14.5 Å². The van der Waals surface area contributed by atoms with Crippen molar-refractivity contribution >= 4 is 34.9 Å². The number of hydrogen-bond donors (Lipinski definition) is 2. The van der Waals surface area contributed by atoms with Gasteiger partial charge in [-0.1, -0.05) is 18.2 Å². The van der Waals surface area contributed by atoms with E-state index in [4.69, 9.17) is 0 Å². The molecule has 1 aromatic carbocycles. The molecule has 1 saturated heterocycles. The lowest BCUT2D eigenvalue weighted by atomic mass is 10.2. The van der Waals surface area contributed by atoms with Crippen LogP contribution in [0.25, 0.3) is 0 Å². The highest BCUT2D eigenvalue weighted by atomic mass is 32.1. The van der Waals surface area contributed by atoms with Gasteiger partial charge in [0.1, 0.15) is 0 Å². The first-order valence-corrected chi connectivity index (χ1v) is 8.49. The molecule has 2 heterocycles. The Morgan fingerprint density at radius 3 is 2.42 bits per heavy atom. The van der Waals surface area contributed by atoms with E-state index in [-0.39, 0.29) is 24.4 Å². The standard InChI is InChI=1S/C17H17N3O3S/c21-15-7-8-16(22)20(15)11-12-3-5-13(6-4-12)19-17(23)18-10-14-2-1-9-24-14/h1-6,9H,7-8,10-11H2,(H2,18,19,23). The fraction of sp³-hybridized carbons (Fsp3) is 0.235. The van der Waals surface area contributed by atoms with Gasteiger partial charge in [-0.25, -0.2) is 4.79 Å². The van der Waals surface area contributed by atoms with Crippen molar-refractivity contribution in [3.05, 3.63) is 52.2 Å². The molecule has 6 nitrogen and oxygen atoms in total. The minimum absolute atomic E-state index is 0.129. The van der Waals surface area contributed by atoms with Crippen LogP contribution in [0.1, 0.15) is 23.3 Å². The van der Waals surface area contributed by atoms with Crippen molar-refractivity contribution in [2.45, 2.75) is 25.9 Å². The SMILES string of the molecule is O=C(NCc1cccs1)Nc1ccc(CN2C(=O)CCC2=O)cc1. The van der Waals surface area contributed by atoms with Gasteiger partial charge in [-0.15, -0.1) is 11.3 Å². The number of hydrogen-bond acceptors (Lipinski definition) is 4. The largest absolute Gasteiger partial charge is 0.333 e. The van der Waals surface area contributed by atoms with Gasteiger partial charge in [-0.05, 0) is 29.1 Å². The van der Waals surface area contributed by atoms with Crippen molar-refractivity contribution in [1.82, 2.24) is 10.2 Å². The number of benzene rings is 1. The van der Waals surface area contributed by atoms with Crippen molar-refractivity contribution in [3.8, 4) is 0 Å². The fourth-order valence-corrected chi connectivity index (χ4v) is 3.08. The van der Waals surface area contributed by atoms with Gasteiger partial charge in [0.2, 0.25) is 11.8 Å². The smallest absolute Gasteiger partial charge is 0.319 e. The maximum Gasteiger partial charge on any atom is 0.319 e. The van der Waals surface area contributed by atoms with Crippen LogP contribution >= 0.6 is 11.3 Å². The molecular formula is C17H17N3O3S. The second-order valence-electron chi connectivity index (χ2n) is 5.46. The maximum atomic E-state index is 11.8. The van der Waals surface area contributed by atoms with E-state index in [2.05, 4.69) is 10.6 Å². The molecule has 0 bridgehead atoms. The Hall–Kier alpha value is -2.67. The topological polar surface area (TPSA) is 78.5 Å². The van der Waals surface area contributed by atoms with Gasteiger partial charge in [-0.2, -0.15) is 0 Å². The third-order valence-electron chi connectivity index (χ3n) is 3.71. The van der Waals surface area contributed by atoms with E-state index in [1.807, 2.05) is 17.5 Å². The van der Waals surface area contributed by atoms with E-state index in [0.29, 0.717) is 25.1 Å². The zero-order chi connectivity index (χ0) is 16.9. The quantitative estimate of drug-likeness (QED) is 0.819. The molecule has 3 rings (SSSR count). The summed E-state index contributed by atoms with van der Waals surface area (Å²) in [5.41, 5.74) is 1.50. The Bertz CT molecular complexity index is 725. The molecule has 7 heteroatoms. The van der Waals surface area contributed by atoms with Gasteiger partial charge < -0.3 is 10.6 Å². The molecule has 1 fully saturated rings. The molecule has 1 aromatic heterocycles. The first-order valence-electron chi connectivity index (χ1n) is 7.61. The molecule has 0 aliphatic carbocycles. The van der Waals surface area contributed by atoms with Crippen LogP contribution in [0.3, 0.4) is 0 Å². The summed E-state index contributed by atoms with van der Waals surface area (Å²) in [5.74, 6) is -0.259. The van der Waals surface area contributed by atoms with E-state index in [0.717, 1.165) is 10.4 Å². The molecule has 0 spiro atoms. The monoisotopic (exact) mass is 343 g/mol. The van der Waals surface area contributed by atoms with E-state index in [9.17, 15) is 14.4 Å². The van der Waals surface area contributed by atoms with Crippen molar-refractivity contribution in [2.75, 3.05) is 5.32 Å². The molecule has 24 heavy (non-hydrogen) atoms. The minimum atomic E-state index is -0.277. The Morgan fingerprint density at radius 2 is 1.79 bits per heavy atom. The van der Waals surface area contributed by atoms with Gasteiger partial charge in [0, 0.05) is 23.4 Å². The summed E-state index contributed by atoms with van der Waals surface area (Å²) in [7, 11) is 0. The third-order valence-corrected chi connectivity index (χ3v) is 4.59. The number of nitrogens with zero attached hydrogens (tertiary/aromatic N) is 1. The van der Waals surface area contributed by atoms with Crippen LogP contribution in [0, 0.1) is 0 Å². The first-order chi connectivity index (χ1) is 11.6. The fourth-order valence-electron chi connectivity index (χ4n) is 2.43. The number of amides is 4. The molecule has 0 atom stereocenters. The summed E-state index contributed by atoms with van der Waals surface area (Å²) < 4.78 is 0. The van der Waals surface area contributed by atoms with Crippen molar-refractivity contribution in [1.29, 1.82) is 0 Å². The van der Waals surface area contributed by atoms with Crippen LogP contribution in [-0.4, -0.2) is 22.7 Å². The van der Waals surface area contributed by atoms with Gasteiger partial charge in [0.25, 0.3) is 0 Å². The molecule has 0 saturated carbocycles. The zero-order valence-electron chi connectivity index (χ0n) is 13.0. The molecule has 4 amide bonds. The average molecular weight is 343 g/mol. The van der Waals surface area contributed by atoms with E-state index in [1.54, 1.807) is 35.6 Å². The second-order valence-corrected chi connectivity index (χ2v) is 6.49. The number of carbonyl (C=O) groups excluding carboxylic acids is 3. The average Bonchev–Trinajstić information content (AvgIpc) is 3.20. The number of likely N-dealkylation sites (tertiary alicyclic amines) is 1. The van der Waals surface area contributed by atoms with Gasteiger partial charge >= 0.3 is 6.03 Å². The highest BCUT2D eigenvalue weighted by Gasteiger charge is 2.28. The van der Waals surface area contributed by atoms with E-state index < -0.39 is 0 Å². The summed E-state index contributed by atoms with van der Waals surface area (Å²) in [6.45, 7) is 0.767. The summed E-state index contributed by atoms with van der Waals surface area (Å²) >= 11 is 1.59. The van der Waals surface area contributed by atoms with Gasteiger partial charge in [0.05, 0.1) is 13.1 Å². The Kier molecular flexibility index (Phi) is 4.90. The summed E-state index contributed by atoms with van der Waals surface area (Å²) in [5, 5.41) is 7.49. The van der Waals surface area contributed by atoms with Crippen LogP contribution in [0.5, 0.6) is 0 Å². The zero-order valence-corrected chi connectivity index (χ0v) is 13.8. The maximum absolute atomic E-state index is 11.8. The number of imide groups is 1. The molecule has 0 radical (unpaired) electrons. The predicted molar refractivity (Wildman–Crippen MR) is 91.4 cm³/mol. The molecule has 1 aliphatic heterocycles.